The molecule has 2 nitrogen and oxygen atoms in total. The molecule has 1 aliphatic rings. The van der Waals surface area contributed by atoms with Gasteiger partial charge in [0.15, 0.2) is 0 Å². The van der Waals surface area contributed by atoms with Crippen LogP contribution in [0, 0.1) is 0 Å². The molecule has 0 amide bonds. The van der Waals surface area contributed by atoms with Gasteiger partial charge in [0.2, 0.25) is 0 Å². The quantitative estimate of drug-likeness (QED) is 0.732. The van der Waals surface area contributed by atoms with E-state index in [0.29, 0.717) is 6.04 Å². The smallest absolute Gasteiger partial charge is 0.0597 e. The Bertz CT molecular complexity index is 668. The lowest BCUT2D eigenvalue weighted by Crippen LogP contribution is -2.14. The van der Waals surface area contributed by atoms with Crippen LogP contribution in [0.1, 0.15) is 23.6 Å². The fourth-order valence-electron chi connectivity index (χ4n) is 2.96. The van der Waals surface area contributed by atoms with Crippen LogP contribution >= 0.6 is 31.9 Å². The summed E-state index contributed by atoms with van der Waals surface area (Å²) >= 11 is 7.24. The van der Waals surface area contributed by atoms with Gasteiger partial charge in [-0.2, -0.15) is 0 Å². The maximum atomic E-state index is 3.72. The predicted molar refractivity (Wildman–Crippen MR) is 97.3 cm³/mol. The first-order chi connectivity index (χ1) is 10.1. The van der Waals surface area contributed by atoms with E-state index in [0.717, 1.165) is 17.3 Å². The number of fused-ring (bicyclic) bond motifs is 1. The van der Waals surface area contributed by atoms with Crippen LogP contribution in [0.2, 0.25) is 0 Å². The maximum absolute atomic E-state index is 3.72. The van der Waals surface area contributed by atoms with Gasteiger partial charge in [0, 0.05) is 23.0 Å². The molecular formula is C17H18Br2N2. The van der Waals surface area contributed by atoms with Crippen molar-refractivity contribution < 1.29 is 0 Å². The maximum Gasteiger partial charge on any atom is 0.0597 e. The van der Waals surface area contributed by atoms with Gasteiger partial charge < -0.3 is 10.2 Å². The Morgan fingerprint density at radius 3 is 2.71 bits per heavy atom. The third kappa shape index (κ3) is 2.97. The Morgan fingerprint density at radius 2 is 1.95 bits per heavy atom. The van der Waals surface area contributed by atoms with E-state index in [2.05, 4.69) is 92.6 Å². The summed E-state index contributed by atoms with van der Waals surface area (Å²) < 4.78 is 2.33. The summed E-state index contributed by atoms with van der Waals surface area (Å²) in [7, 11) is 4.15. The van der Waals surface area contributed by atoms with Crippen molar-refractivity contribution in [2.45, 2.75) is 18.9 Å². The molecule has 1 N–H and O–H groups in total. The molecule has 0 bridgehead atoms. The number of halogens is 2. The molecule has 0 radical (unpaired) electrons. The molecule has 21 heavy (non-hydrogen) atoms. The van der Waals surface area contributed by atoms with Crippen molar-refractivity contribution in [3.8, 4) is 0 Å². The van der Waals surface area contributed by atoms with Crippen LogP contribution in [0.3, 0.4) is 0 Å². The predicted octanol–water partition coefficient (Wildman–Crippen LogP) is 5.38. The van der Waals surface area contributed by atoms with Gasteiger partial charge in [-0.15, -0.1) is 0 Å². The standard InChI is InChI=1S/C17H18Br2N2/c1-21(2)17-9-6-11(18)10-16(17)20-15-8-7-12-13(15)4-3-5-14(12)19/h3-6,9-10,15,20H,7-8H2,1-2H3. The monoisotopic (exact) mass is 408 g/mol. The summed E-state index contributed by atoms with van der Waals surface area (Å²) in [6, 6.07) is 13.2. The number of hydrogen-bond acceptors (Lipinski definition) is 2. The zero-order chi connectivity index (χ0) is 15.0. The summed E-state index contributed by atoms with van der Waals surface area (Å²) in [5.41, 5.74) is 5.24. The van der Waals surface area contributed by atoms with Gasteiger partial charge in [0.05, 0.1) is 17.4 Å². The second-order valence-corrected chi connectivity index (χ2v) is 7.37. The van der Waals surface area contributed by atoms with Crippen molar-refractivity contribution in [1.29, 1.82) is 0 Å². The molecule has 3 rings (SSSR count). The first-order valence-electron chi connectivity index (χ1n) is 7.07. The minimum atomic E-state index is 0.380. The highest BCUT2D eigenvalue weighted by atomic mass is 79.9. The van der Waals surface area contributed by atoms with Crippen molar-refractivity contribution >= 4 is 43.2 Å². The van der Waals surface area contributed by atoms with Gasteiger partial charge in [-0.1, -0.05) is 44.0 Å². The largest absolute Gasteiger partial charge is 0.377 e. The molecule has 1 unspecified atom stereocenters. The highest BCUT2D eigenvalue weighted by molar-refractivity contribution is 9.10. The lowest BCUT2D eigenvalue weighted by molar-refractivity contribution is 0.761. The third-order valence-corrected chi connectivity index (χ3v) is 5.22. The van der Waals surface area contributed by atoms with Crippen LogP contribution in [0.4, 0.5) is 11.4 Å². The molecule has 0 heterocycles. The van der Waals surface area contributed by atoms with Crippen molar-refractivity contribution in [2.75, 3.05) is 24.3 Å². The van der Waals surface area contributed by atoms with E-state index < -0.39 is 0 Å². The van der Waals surface area contributed by atoms with Crippen LogP contribution in [0.15, 0.2) is 45.3 Å². The summed E-state index contributed by atoms with van der Waals surface area (Å²) in [5.74, 6) is 0. The molecule has 0 saturated heterocycles. The molecule has 2 aromatic carbocycles. The average Bonchev–Trinajstić information content (AvgIpc) is 2.83. The van der Waals surface area contributed by atoms with Crippen molar-refractivity contribution in [3.63, 3.8) is 0 Å². The zero-order valence-corrected chi connectivity index (χ0v) is 15.3. The molecule has 4 heteroatoms. The molecule has 1 aliphatic carbocycles. The van der Waals surface area contributed by atoms with Gasteiger partial charge in [0.25, 0.3) is 0 Å². The van der Waals surface area contributed by atoms with E-state index in [1.807, 2.05) is 0 Å². The lowest BCUT2D eigenvalue weighted by Gasteiger charge is -2.22. The first-order valence-corrected chi connectivity index (χ1v) is 8.65. The van der Waals surface area contributed by atoms with E-state index in [-0.39, 0.29) is 0 Å². The molecular weight excluding hydrogens is 392 g/mol. The van der Waals surface area contributed by atoms with Gasteiger partial charge in [-0.3, -0.25) is 0 Å². The lowest BCUT2D eigenvalue weighted by atomic mass is 10.1. The van der Waals surface area contributed by atoms with Crippen LogP contribution in [-0.2, 0) is 6.42 Å². The topological polar surface area (TPSA) is 15.3 Å². The summed E-state index contributed by atoms with van der Waals surface area (Å²) in [5, 5.41) is 3.72. The molecule has 110 valence electrons. The van der Waals surface area contributed by atoms with Crippen LogP contribution in [-0.4, -0.2) is 14.1 Å². The SMILES string of the molecule is CN(C)c1ccc(Br)cc1NC1CCc2c(Br)cccc21. The Labute approximate surface area is 142 Å². The molecule has 0 fully saturated rings. The van der Waals surface area contributed by atoms with E-state index in [1.165, 1.54) is 27.0 Å². The number of anilines is 2. The van der Waals surface area contributed by atoms with Crippen LogP contribution in [0.5, 0.6) is 0 Å². The van der Waals surface area contributed by atoms with Gasteiger partial charge in [0.1, 0.15) is 0 Å². The van der Waals surface area contributed by atoms with Crippen LogP contribution in [0.25, 0.3) is 0 Å². The molecule has 2 aromatic rings. The Kier molecular flexibility index (Phi) is 4.27. The third-order valence-electron chi connectivity index (χ3n) is 3.98. The fourth-order valence-corrected chi connectivity index (χ4v) is 3.90. The summed E-state index contributed by atoms with van der Waals surface area (Å²) in [6.45, 7) is 0. The van der Waals surface area contributed by atoms with Gasteiger partial charge in [-0.05, 0) is 48.2 Å². The summed E-state index contributed by atoms with van der Waals surface area (Å²) in [6.07, 6.45) is 2.26. The van der Waals surface area contributed by atoms with Gasteiger partial charge >= 0.3 is 0 Å². The van der Waals surface area contributed by atoms with Crippen molar-refractivity contribution in [3.05, 3.63) is 56.5 Å². The zero-order valence-electron chi connectivity index (χ0n) is 12.2. The van der Waals surface area contributed by atoms with E-state index >= 15 is 0 Å². The van der Waals surface area contributed by atoms with Gasteiger partial charge in [-0.25, -0.2) is 0 Å². The van der Waals surface area contributed by atoms with Crippen molar-refractivity contribution in [2.24, 2.45) is 0 Å². The minimum Gasteiger partial charge on any atom is -0.377 e. The number of benzene rings is 2. The summed E-state index contributed by atoms with van der Waals surface area (Å²) in [4.78, 5) is 2.14. The van der Waals surface area contributed by atoms with E-state index in [4.69, 9.17) is 0 Å². The Balaban J connectivity index is 1.93. The first kappa shape index (κ1) is 14.9. The second kappa shape index (κ2) is 6.01. The second-order valence-electron chi connectivity index (χ2n) is 5.60. The molecule has 0 aliphatic heterocycles. The molecule has 0 aromatic heterocycles. The molecule has 0 spiro atoms. The number of rotatable bonds is 3. The average molecular weight is 410 g/mol. The normalized spacial score (nSPS) is 16.7. The Morgan fingerprint density at radius 1 is 1.14 bits per heavy atom. The van der Waals surface area contributed by atoms with Crippen LogP contribution < -0.4 is 10.2 Å². The fraction of sp³-hybridized carbons (Fsp3) is 0.294. The van der Waals surface area contributed by atoms with E-state index in [1.54, 1.807) is 0 Å². The Hall–Kier alpha value is -1.00. The highest BCUT2D eigenvalue weighted by Gasteiger charge is 2.24. The van der Waals surface area contributed by atoms with E-state index in [9.17, 15) is 0 Å². The number of nitrogens with zero attached hydrogens (tertiary/aromatic N) is 1. The van der Waals surface area contributed by atoms with Crippen molar-refractivity contribution in [1.82, 2.24) is 0 Å². The number of hydrogen-bond donors (Lipinski definition) is 1. The minimum absolute atomic E-state index is 0.380. The number of nitrogens with one attached hydrogen (secondary N) is 1. The molecule has 1 atom stereocenters. The highest BCUT2D eigenvalue weighted by Crippen LogP contribution is 2.39. The molecule has 0 saturated carbocycles.